The third-order valence-electron chi connectivity index (χ3n) is 4.88. The molecule has 176 valence electrons. The number of nitrogens with two attached hydrogens (primary N) is 2. The van der Waals surface area contributed by atoms with E-state index in [1.54, 1.807) is 60.7 Å². The SMILES string of the molecule is NC(=O)Cn1nc(-c2ccc(Oc3ccc(-c4ccc(=O)n(CC(N)=O)n4)cc3)cc2)ccc1=O. The van der Waals surface area contributed by atoms with E-state index in [1.165, 1.54) is 12.1 Å². The smallest absolute Gasteiger partial charge is 0.267 e. The normalized spacial score (nSPS) is 10.6. The number of aromatic nitrogens is 4. The Labute approximate surface area is 198 Å². The van der Waals surface area contributed by atoms with E-state index in [9.17, 15) is 19.2 Å². The Bertz CT molecular complexity index is 1390. The first-order valence-corrected chi connectivity index (χ1v) is 10.4. The average Bonchev–Trinajstić information content (AvgIpc) is 2.82. The molecule has 2 heterocycles. The molecule has 2 amide bonds. The summed E-state index contributed by atoms with van der Waals surface area (Å²) in [5.41, 5.74) is 11.9. The molecule has 2 aromatic carbocycles. The van der Waals surface area contributed by atoms with Crippen molar-refractivity contribution in [2.75, 3.05) is 0 Å². The summed E-state index contributed by atoms with van der Waals surface area (Å²) in [5, 5.41) is 8.34. The molecule has 0 unspecified atom stereocenters. The monoisotopic (exact) mass is 472 g/mol. The van der Waals surface area contributed by atoms with Crippen molar-refractivity contribution in [1.29, 1.82) is 0 Å². The lowest BCUT2D eigenvalue weighted by Gasteiger charge is -2.09. The number of benzene rings is 2. The average molecular weight is 472 g/mol. The number of primary amides is 2. The summed E-state index contributed by atoms with van der Waals surface area (Å²) in [4.78, 5) is 45.9. The molecule has 0 atom stereocenters. The molecule has 0 bridgehead atoms. The van der Waals surface area contributed by atoms with Gasteiger partial charge in [0.05, 0.1) is 11.4 Å². The molecule has 0 saturated carbocycles. The second-order valence-electron chi connectivity index (χ2n) is 7.51. The Balaban J connectivity index is 1.48. The summed E-state index contributed by atoms with van der Waals surface area (Å²) in [5.74, 6) is -0.177. The molecule has 2 aromatic heterocycles. The van der Waals surface area contributed by atoms with Gasteiger partial charge < -0.3 is 16.2 Å². The first kappa shape index (κ1) is 23.1. The molecule has 0 fully saturated rings. The Morgan fingerprint density at radius 2 is 1.00 bits per heavy atom. The minimum Gasteiger partial charge on any atom is -0.457 e. The summed E-state index contributed by atoms with van der Waals surface area (Å²) < 4.78 is 7.90. The number of carbonyl (C=O) groups excluding carboxylic acids is 2. The second-order valence-corrected chi connectivity index (χ2v) is 7.51. The first-order valence-electron chi connectivity index (χ1n) is 10.4. The number of nitrogens with zero attached hydrogens (tertiary/aromatic N) is 4. The number of ether oxygens (including phenoxy) is 1. The molecular weight excluding hydrogens is 452 g/mol. The fourth-order valence-electron chi connectivity index (χ4n) is 3.25. The summed E-state index contributed by atoms with van der Waals surface area (Å²) in [6.07, 6.45) is 0. The summed E-state index contributed by atoms with van der Waals surface area (Å²) in [6, 6.07) is 19.9. The summed E-state index contributed by atoms with van der Waals surface area (Å²) in [7, 11) is 0. The van der Waals surface area contributed by atoms with Crippen LogP contribution >= 0.6 is 0 Å². The number of amides is 2. The van der Waals surface area contributed by atoms with Gasteiger partial charge in [-0.3, -0.25) is 19.2 Å². The van der Waals surface area contributed by atoms with Crippen LogP contribution in [0.5, 0.6) is 11.5 Å². The highest BCUT2D eigenvalue weighted by molar-refractivity contribution is 5.74. The topological polar surface area (TPSA) is 165 Å². The molecule has 11 nitrogen and oxygen atoms in total. The first-order chi connectivity index (χ1) is 16.8. The molecule has 0 saturated heterocycles. The highest BCUT2D eigenvalue weighted by Crippen LogP contribution is 2.26. The van der Waals surface area contributed by atoms with Crippen LogP contribution in [0, 0.1) is 0 Å². The van der Waals surface area contributed by atoms with Gasteiger partial charge in [0.1, 0.15) is 24.6 Å². The fraction of sp³-hybridized carbons (Fsp3) is 0.0833. The maximum Gasteiger partial charge on any atom is 0.267 e. The van der Waals surface area contributed by atoms with E-state index in [-0.39, 0.29) is 13.1 Å². The third-order valence-corrected chi connectivity index (χ3v) is 4.88. The lowest BCUT2D eigenvalue weighted by Crippen LogP contribution is -2.29. The third kappa shape index (κ3) is 5.66. The Kier molecular flexibility index (Phi) is 6.49. The zero-order valence-corrected chi connectivity index (χ0v) is 18.3. The molecule has 0 aliphatic rings. The van der Waals surface area contributed by atoms with Crippen LogP contribution in [0.2, 0.25) is 0 Å². The van der Waals surface area contributed by atoms with Crippen LogP contribution in [0.4, 0.5) is 0 Å². The molecular formula is C24H20N6O5. The second kappa shape index (κ2) is 9.83. The minimum absolute atomic E-state index is 0.300. The van der Waals surface area contributed by atoms with E-state index < -0.39 is 22.9 Å². The standard InChI is InChI=1S/C24H20N6O5/c25-21(31)13-29-23(33)11-9-19(27-29)15-1-5-17(6-2-15)35-18-7-3-16(4-8-18)20-10-12-24(34)30(28-20)14-22(26)32/h1-12H,13-14H2,(H2,25,31)(H2,26,32). The molecule has 4 rings (SSSR count). The van der Waals surface area contributed by atoms with Crippen LogP contribution in [0.3, 0.4) is 0 Å². The number of carbonyl (C=O) groups is 2. The molecule has 11 heteroatoms. The van der Waals surface area contributed by atoms with E-state index >= 15 is 0 Å². The van der Waals surface area contributed by atoms with Crippen LogP contribution in [-0.4, -0.2) is 31.4 Å². The van der Waals surface area contributed by atoms with Gasteiger partial charge in [-0.05, 0) is 60.7 Å². The van der Waals surface area contributed by atoms with Crippen LogP contribution < -0.4 is 27.3 Å². The molecule has 4 aromatic rings. The number of rotatable bonds is 8. The van der Waals surface area contributed by atoms with Gasteiger partial charge in [-0.1, -0.05) is 0 Å². The zero-order chi connectivity index (χ0) is 24.9. The minimum atomic E-state index is -0.658. The number of hydrogen-bond donors (Lipinski definition) is 2. The van der Waals surface area contributed by atoms with Crippen molar-refractivity contribution in [2.45, 2.75) is 13.1 Å². The van der Waals surface area contributed by atoms with Gasteiger partial charge in [0, 0.05) is 23.3 Å². The van der Waals surface area contributed by atoms with E-state index in [1.807, 2.05) is 0 Å². The molecule has 35 heavy (non-hydrogen) atoms. The summed E-state index contributed by atoms with van der Waals surface area (Å²) in [6.45, 7) is -0.600. The quantitative estimate of drug-likeness (QED) is 0.384. The Hall–Kier alpha value is -5.06. The molecule has 0 spiro atoms. The zero-order valence-electron chi connectivity index (χ0n) is 18.3. The maximum atomic E-state index is 11.8. The van der Waals surface area contributed by atoms with E-state index in [2.05, 4.69) is 10.2 Å². The van der Waals surface area contributed by atoms with Crippen molar-refractivity contribution in [3.63, 3.8) is 0 Å². The predicted molar refractivity (Wildman–Crippen MR) is 126 cm³/mol. The van der Waals surface area contributed by atoms with Crippen molar-refractivity contribution >= 4 is 11.8 Å². The largest absolute Gasteiger partial charge is 0.457 e. The van der Waals surface area contributed by atoms with Crippen LogP contribution in [-0.2, 0) is 22.7 Å². The maximum absolute atomic E-state index is 11.8. The fourth-order valence-corrected chi connectivity index (χ4v) is 3.25. The van der Waals surface area contributed by atoms with Gasteiger partial charge in [0.2, 0.25) is 11.8 Å². The van der Waals surface area contributed by atoms with E-state index in [0.717, 1.165) is 20.5 Å². The Morgan fingerprint density at radius 3 is 1.34 bits per heavy atom. The van der Waals surface area contributed by atoms with Crippen molar-refractivity contribution in [3.8, 4) is 34.0 Å². The lowest BCUT2D eigenvalue weighted by molar-refractivity contribution is -0.119. The van der Waals surface area contributed by atoms with Gasteiger partial charge >= 0.3 is 0 Å². The summed E-state index contributed by atoms with van der Waals surface area (Å²) >= 11 is 0. The lowest BCUT2D eigenvalue weighted by atomic mass is 10.1. The molecule has 0 aliphatic heterocycles. The van der Waals surface area contributed by atoms with Crippen LogP contribution in [0.25, 0.3) is 22.5 Å². The molecule has 0 radical (unpaired) electrons. The molecule has 4 N–H and O–H groups in total. The van der Waals surface area contributed by atoms with Gasteiger partial charge in [0.25, 0.3) is 11.1 Å². The van der Waals surface area contributed by atoms with Crippen LogP contribution in [0.15, 0.2) is 82.4 Å². The van der Waals surface area contributed by atoms with Crippen molar-refractivity contribution in [3.05, 3.63) is 93.5 Å². The molecule has 0 aliphatic carbocycles. The van der Waals surface area contributed by atoms with Gasteiger partial charge in [-0.15, -0.1) is 0 Å². The van der Waals surface area contributed by atoms with Crippen molar-refractivity contribution in [2.24, 2.45) is 11.5 Å². The van der Waals surface area contributed by atoms with Crippen molar-refractivity contribution in [1.82, 2.24) is 19.6 Å². The number of hydrogen-bond acceptors (Lipinski definition) is 7. The highest BCUT2D eigenvalue weighted by Gasteiger charge is 2.08. The Morgan fingerprint density at radius 1 is 0.629 bits per heavy atom. The van der Waals surface area contributed by atoms with Crippen LogP contribution in [0.1, 0.15) is 0 Å². The predicted octanol–water partition coefficient (Wildman–Crippen LogP) is 0.897. The van der Waals surface area contributed by atoms with Gasteiger partial charge in [0.15, 0.2) is 0 Å². The van der Waals surface area contributed by atoms with E-state index in [0.29, 0.717) is 22.9 Å². The van der Waals surface area contributed by atoms with Crippen molar-refractivity contribution < 1.29 is 14.3 Å². The van der Waals surface area contributed by atoms with Gasteiger partial charge in [-0.25, -0.2) is 9.36 Å². The highest BCUT2D eigenvalue weighted by atomic mass is 16.5. The van der Waals surface area contributed by atoms with Gasteiger partial charge in [-0.2, -0.15) is 10.2 Å². The van der Waals surface area contributed by atoms with E-state index in [4.69, 9.17) is 16.2 Å².